The molecule has 1 aliphatic rings. The van der Waals surface area contributed by atoms with E-state index >= 15 is 0 Å². The molecule has 0 saturated heterocycles. The molecule has 14 heteroatoms. The van der Waals surface area contributed by atoms with Crippen molar-refractivity contribution < 1.29 is 27.4 Å². The molecule has 0 amide bonds. The average molecular weight is 553 g/mol. The van der Waals surface area contributed by atoms with Crippen LogP contribution in [-0.2, 0) is 19.5 Å². The minimum Gasteiger partial charge on any atom is -0.494 e. The minimum atomic E-state index is -4.09. The smallest absolute Gasteiger partial charge is 0.243 e. The lowest BCUT2D eigenvalue weighted by molar-refractivity contribution is 0.0950. The van der Waals surface area contributed by atoms with Gasteiger partial charge in [0.15, 0.2) is 5.82 Å². The van der Waals surface area contributed by atoms with Crippen LogP contribution >= 0.6 is 11.6 Å². The van der Waals surface area contributed by atoms with Crippen LogP contribution in [0, 0.1) is 0 Å². The van der Waals surface area contributed by atoms with Gasteiger partial charge in [-0.05, 0) is 32.4 Å². The Morgan fingerprint density at radius 3 is 2.35 bits per heavy atom. The van der Waals surface area contributed by atoms with Gasteiger partial charge in [0, 0.05) is 32.0 Å². The van der Waals surface area contributed by atoms with Crippen molar-refractivity contribution in [3.63, 3.8) is 0 Å². The zero-order valence-corrected chi connectivity index (χ0v) is 22.7. The fourth-order valence-corrected chi connectivity index (χ4v) is 5.30. The van der Waals surface area contributed by atoms with Crippen molar-refractivity contribution >= 4 is 27.6 Å². The van der Waals surface area contributed by atoms with Crippen molar-refractivity contribution in [1.29, 1.82) is 0 Å². The van der Waals surface area contributed by atoms with Gasteiger partial charge in [-0.25, -0.2) is 18.4 Å². The summed E-state index contributed by atoms with van der Waals surface area (Å²) >= 11 is 5.88. The molecule has 12 nitrogen and oxygen atoms in total. The lowest BCUT2D eigenvalue weighted by Crippen LogP contribution is -2.33. The summed E-state index contributed by atoms with van der Waals surface area (Å²) in [6.07, 6.45) is 2.47. The van der Waals surface area contributed by atoms with E-state index in [2.05, 4.69) is 24.9 Å². The number of hydrogen-bond donors (Lipinski definition) is 1. The normalized spacial score (nSPS) is 18.8. The molecule has 37 heavy (non-hydrogen) atoms. The Balaban J connectivity index is 1.76. The number of para-hydroxylation sites is 1. The summed E-state index contributed by atoms with van der Waals surface area (Å²) in [5.74, 6) is 1.50. The standard InChI is InChI=1S/C23H29ClN6O6S/c1-6-36-18-10-15(18)22-27-28-23(30(22)19-16(33-3)8-7-9-17(19)34-4)29-37(31,32)13(2)20(35-5)21-25-11-14(24)12-26-21/h7-9,11-13,15,18,20H,6,10H2,1-5H3,(H,28,29)/t13-,15+,18+,20-/m0/s1. The molecule has 4 rings (SSSR count). The van der Waals surface area contributed by atoms with Gasteiger partial charge in [0.1, 0.15) is 34.4 Å². The number of sulfonamides is 1. The maximum absolute atomic E-state index is 13.6. The third-order valence-corrected chi connectivity index (χ3v) is 7.94. The van der Waals surface area contributed by atoms with E-state index in [0.29, 0.717) is 34.6 Å². The molecular weight excluding hydrogens is 524 g/mol. The molecule has 1 N–H and O–H groups in total. The van der Waals surface area contributed by atoms with Crippen LogP contribution in [0.5, 0.6) is 11.5 Å². The molecule has 3 aromatic rings. The third kappa shape index (κ3) is 5.49. The van der Waals surface area contributed by atoms with Crippen molar-refractivity contribution in [2.75, 3.05) is 32.7 Å². The van der Waals surface area contributed by atoms with Crippen LogP contribution in [0.1, 0.15) is 43.9 Å². The summed E-state index contributed by atoms with van der Waals surface area (Å²) in [5.41, 5.74) is 0.462. The monoisotopic (exact) mass is 552 g/mol. The van der Waals surface area contributed by atoms with Gasteiger partial charge in [-0.15, -0.1) is 10.2 Å². The molecular formula is C23H29ClN6O6S. The molecule has 4 atom stereocenters. The van der Waals surface area contributed by atoms with Crippen molar-refractivity contribution in [2.24, 2.45) is 0 Å². The maximum atomic E-state index is 13.6. The topological polar surface area (TPSA) is 140 Å². The molecule has 200 valence electrons. The van der Waals surface area contributed by atoms with Gasteiger partial charge in [-0.1, -0.05) is 17.7 Å². The SMILES string of the molecule is CCO[C@@H]1C[C@H]1c1nnc(NS(=O)(=O)[C@@H](C)[C@H](OC)c2ncc(Cl)cn2)n1-c1c(OC)cccc1OC. The van der Waals surface area contributed by atoms with Gasteiger partial charge >= 0.3 is 0 Å². The Morgan fingerprint density at radius 1 is 1.14 bits per heavy atom. The van der Waals surface area contributed by atoms with Crippen LogP contribution in [0.25, 0.3) is 5.69 Å². The largest absolute Gasteiger partial charge is 0.494 e. The zero-order valence-electron chi connectivity index (χ0n) is 21.1. The first kappa shape index (κ1) is 27.0. The number of aromatic nitrogens is 5. The quantitative estimate of drug-likeness (QED) is 0.356. The Labute approximate surface area is 220 Å². The molecule has 0 spiro atoms. The summed E-state index contributed by atoms with van der Waals surface area (Å²) in [5, 5.41) is 7.76. The Morgan fingerprint density at radius 2 is 1.78 bits per heavy atom. The summed E-state index contributed by atoms with van der Waals surface area (Å²) in [7, 11) is 0.327. The first-order chi connectivity index (χ1) is 17.7. The number of methoxy groups -OCH3 is 3. The molecule has 2 aromatic heterocycles. The van der Waals surface area contributed by atoms with Crippen molar-refractivity contribution in [3.05, 3.63) is 47.3 Å². The lowest BCUT2D eigenvalue weighted by Gasteiger charge is -2.23. The van der Waals surface area contributed by atoms with E-state index in [0.717, 1.165) is 6.42 Å². The highest BCUT2D eigenvalue weighted by Crippen LogP contribution is 2.46. The van der Waals surface area contributed by atoms with Gasteiger partial charge < -0.3 is 18.9 Å². The predicted molar refractivity (Wildman–Crippen MR) is 136 cm³/mol. The molecule has 0 radical (unpaired) electrons. The number of hydrogen-bond acceptors (Lipinski definition) is 10. The van der Waals surface area contributed by atoms with Gasteiger partial charge in [0.2, 0.25) is 16.0 Å². The fraction of sp³-hybridized carbons (Fsp3) is 0.478. The van der Waals surface area contributed by atoms with E-state index in [1.807, 2.05) is 6.92 Å². The minimum absolute atomic E-state index is 0.0290. The average Bonchev–Trinajstić information content (AvgIpc) is 3.54. The summed E-state index contributed by atoms with van der Waals surface area (Å²) in [4.78, 5) is 8.25. The van der Waals surface area contributed by atoms with E-state index in [1.54, 1.807) is 22.8 Å². The number of nitrogens with zero attached hydrogens (tertiary/aromatic N) is 5. The number of halogens is 1. The van der Waals surface area contributed by atoms with Gasteiger partial charge in [0.05, 0.1) is 25.3 Å². The molecule has 0 unspecified atom stereocenters. The van der Waals surface area contributed by atoms with Crippen LogP contribution in [0.4, 0.5) is 5.95 Å². The van der Waals surface area contributed by atoms with Gasteiger partial charge in [0.25, 0.3) is 0 Å². The fourth-order valence-electron chi connectivity index (χ4n) is 4.08. The van der Waals surface area contributed by atoms with Crippen molar-refractivity contribution in [1.82, 2.24) is 24.7 Å². The van der Waals surface area contributed by atoms with Gasteiger partial charge in [-0.2, -0.15) is 0 Å². The molecule has 1 aliphatic carbocycles. The molecule has 1 fully saturated rings. The highest BCUT2D eigenvalue weighted by atomic mass is 35.5. The van der Waals surface area contributed by atoms with Crippen LogP contribution in [-0.4, -0.2) is 72.4 Å². The lowest BCUT2D eigenvalue weighted by atomic mass is 10.2. The number of ether oxygens (including phenoxy) is 4. The molecule has 2 heterocycles. The second-order valence-corrected chi connectivity index (χ2v) is 10.8. The summed E-state index contributed by atoms with van der Waals surface area (Å²) in [6, 6.07) is 5.26. The van der Waals surface area contributed by atoms with Crippen LogP contribution in [0.2, 0.25) is 5.02 Å². The Hall–Kier alpha value is -3.00. The molecule has 1 saturated carbocycles. The van der Waals surface area contributed by atoms with Crippen LogP contribution in [0.3, 0.4) is 0 Å². The Bertz CT molecular complexity index is 1310. The Kier molecular flexibility index (Phi) is 8.17. The number of rotatable bonds is 12. The first-order valence-electron chi connectivity index (χ1n) is 11.6. The second kappa shape index (κ2) is 11.2. The maximum Gasteiger partial charge on any atom is 0.243 e. The number of nitrogens with one attached hydrogen (secondary N) is 1. The number of anilines is 1. The van der Waals surface area contributed by atoms with Crippen molar-refractivity contribution in [3.8, 4) is 17.2 Å². The van der Waals surface area contributed by atoms with E-state index < -0.39 is 21.4 Å². The molecule has 1 aromatic carbocycles. The summed E-state index contributed by atoms with van der Waals surface area (Å²) < 4.78 is 53.7. The molecule has 0 aliphatic heterocycles. The van der Waals surface area contributed by atoms with E-state index in [-0.39, 0.29) is 23.8 Å². The number of benzene rings is 1. The highest BCUT2D eigenvalue weighted by molar-refractivity contribution is 7.93. The summed E-state index contributed by atoms with van der Waals surface area (Å²) in [6.45, 7) is 3.96. The predicted octanol–water partition coefficient (Wildman–Crippen LogP) is 3.14. The third-order valence-electron chi connectivity index (χ3n) is 6.06. The highest BCUT2D eigenvalue weighted by Gasteiger charge is 2.45. The van der Waals surface area contributed by atoms with Crippen LogP contribution < -0.4 is 14.2 Å². The van der Waals surface area contributed by atoms with Crippen LogP contribution in [0.15, 0.2) is 30.6 Å². The zero-order chi connectivity index (χ0) is 26.7. The van der Waals surface area contributed by atoms with Gasteiger partial charge in [-0.3, -0.25) is 9.29 Å². The van der Waals surface area contributed by atoms with Crippen molar-refractivity contribution in [2.45, 2.75) is 43.6 Å². The van der Waals surface area contributed by atoms with E-state index in [1.165, 1.54) is 40.6 Å². The first-order valence-corrected chi connectivity index (χ1v) is 13.5. The molecule has 0 bridgehead atoms. The van der Waals surface area contributed by atoms with E-state index in [9.17, 15) is 8.42 Å². The van der Waals surface area contributed by atoms with E-state index in [4.69, 9.17) is 30.5 Å². The second-order valence-electron chi connectivity index (χ2n) is 8.33.